The van der Waals surface area contributed by atoms with Crippen LogP contribution in [-0.2, 0) is 18.9 Å². The smallest absolute Gasteiger partial charge is 0.183 e. The summed E-state index contributed by atoms with van der Waals surface area (Å²) in [5.74, 6) is 0.495. The molecule has 2 aromatic heterocycles. The van der Waals surface area contributed by atoms with E-state index in [1.165, 1.54) is 6.42 Å². The van der Waals surface area contributed by atoms with Gasteiger partial charge in [0.2, 0.25) is 0 Å². The number of pyridine rings is 2. The third-order valence-electron chi connectivity index (χ3n) is 7.48. The van der Waals surface area contributed by atoms with Gasteiger partial charge in [0.15, 0.2) is 6.29 Å². The van der Waals surface area contributed by atoms with Gasteiger partial charge >= 0.3 is 0 Å². The van der Waals surface area contributed by atoms with Crippen molar-refractivity contribution in [3.63, 3.8) is 0 Å². The highest BCUT2D eigenvalue weighted by Crippen LogP contribution is 2.41. The Morgan fingerprint density at radius 3 is 2.23 bits per heavy atom. The topological polar surface area (TPSA) is 103 Å². The molecule has 2 aliphatic rings. The Hall–Kier alpha value is -1.94. The molecule has 0 bridgehead atoms. The number of rotatable bonds is 13. The third-order valence-corrected chi connectivity index (χ3v) is 7.48. The van der Waals surface area contributed by atoms with Crippen LogP contribution >= 0.6 is 0 Å². The Labute approximate surface area is 207 Å². The zero-order valence-electron chi connectivity index (χ0n) is 20.6. The van der Waals surface area contributed by atoms with Gasteiger partial charge in [-0.3, -0.25) is 9.97 Å². The monoisotopic (exact) mass is 486 g/mol. The van der Waals surface area contributed by atoms with Crippen LogP contribution in [0.2, 0.25) is 0 Å². The van der Waals surface area contributed by atoms with Crippen LogP contribution in [0.15, 0.2) is 49.1 Å². The summed E-state index contributed by atoms with van der Waals surface area (Å²) in [7, 11) is 0. The molecule has 0 radical (unpaired) electrons. The molecule has 0 spiro atoms. The predicted molar refractivity (Wildman–Crippen MR) is 129 cm³/mol. The number of hydrogen-bond acceptors (Lipinski definition) is 8. The highest BCUT2D eigenvalue weighted by molar-refractivity contribution is 5.15. The molecule has 8 nitrogen and oxygen atoms in total. The van der Waals surface area contributed by atoms with Crippen molar-refractivity contribution in [1.82, 2.24) is 9.97 Å². The van der Waals surface area contributed by atoms with Crippen molar-refractivity contribution in [2.45, 2.75) is 45.0 Å². The maximum absolute atomic E-state index is 10.3. The van der Waals surface area contributed by atoms with Crippen molar-refractivity contribution >= 4 is 0 Å². The quantitative estimate of drug-likeness (QED) is 0.444. The van der Waals surface area contributed by atoms with E-state index >= 15 is 0 Å². The molecule has 2 unspecified atom stereocenters. The molecule has 2 N–H and O–H groups in total. The first kappa shape index (κ1) is 26.1. The van der Waals surface area contributed by atoms with Crippen molar-refractivity contribution in [1.29, 1.82) is 0 Å². The minimum Gasteiger partial charge on any atom is -0.396 e. The molecule has 35 heavy (non-hydrogen) atoms. The molecule has 3 heterocycles. The minimum absolute atomic E-state index is 0.00160. The Kier molecular flexibility index (Phi) is 9.21. The van der Waals surface area contributed by atoms with E-state index in [9.17, 15) is 10.2 Å². The fourth-order valence-corrected chi connectivity index (χ4v) is 4.53. The summed E-state index contributed by atoms with van der Waals surface area (Å²) in [6, 6.07) is 7.73. The first-order chi connectivity index (χ1) is 17.1. The molecular formula is C27H38N2O6. The molecule has 1 aliphatic carbocycles. The summed E-state index contributed by atoms with van der Waals surface area (Å²) in [5.41, 5.74) is 0.852. The Morgan fingerprint density at radius 1 is 1.03 bits per heavy atom. The van der Waals surface area contributed by atoms with Crippen molar-refractivity contribution in [2.75, 3.05) is 46.2 Å². The summed E-state index contributed by atoms with van der Waals surface area (Å²) >= 11 is 0. The molecule has 1 aliphatic heterocycles. The van der Waals surface area contributed by atoms with Crippen LogP contribution in [0.4, 0.5) is 0 Å². The predicted octanol–water partition coefficient (Wildman–Crippen LogP) is 3.46. The summed E-state index contributed by atoms with van der Waals surface area (Å²) in [4.78, 5) is 8.15. The summed E-state index contributed by atoms with van der Waals surface area (Å²) in [5, 5.41) is 20.4. The standard InChI is InChI=1S/C27H38N2O6/c1-2-26(14-30,18-33-24(21-4-3-5-21)22-6-10-28-11-7-22)16-32-17-27(15-31)19-34-25(35-20-27)23-8-12-29-13-9-23/h6-13,21,24-25,30-31H,2-5,14-20H2,1H3. The van der Waals surface area contributed by atoms with Gasteiger partial charge in [-0.2, -0.15) is 0 Å². The van der Waals surface area contributed by atoms with Gasteiger partial charge in [0.1, 0.15) is 0 Å². The van der Waals surface area contributed by atoms with Crippen molar-refractivity contribution in [2.24, 2.45) is 16.7 Å². The van der Waals surface area contributed by atoms with E-state index < -0.39 is 17.1 Å². The molecule has 0 amide bonds. The van der Waals surface area contributed by atoms with Gasteiger partial charge in [-0.05, 0) is 55.0 Å². The van der Waals surface area contributed by atoms with Crippen molar-refractivity contribution < 1.29 is 29.2 Å². The van der Waals surface area contributed by atoms with Crippen LogP contribution in [0.1, 0.15) is 56.1 Å². The van der Waals surface area contributed by atoms with Crippen LogP contribution < -0.4 is 0 Å². The van der Waals surface area contributed by atoms with Gasteiger partial charge in [0, 0.05) is 35.8 Å². The number of aromatic nitrogens is 2. The second-order valence-corrected chi connectivity index (χ2v) is 10.1. The van der Waals surface area contributed by atoms with Crippen LogP contribution in [0.25, 0.3) is 0 Å². The highest BCUT2D eigenvalue weighted by Gasteiger charge is 2.39. The van der Waals surface area contributed by atoms with Crippen molar-refractivity contribution in [3.05, 3.63) is 60.2 Å². The fraction of sp³-hybridized carbons (Fsp3) is 0.630. The first-order valence-electron chi connectivity index (χ1n) is 12.6. The molecule has 2 aromatic rings. The minimum atomic E-state index is -0.648. The largest absolute Gasteiger partial charge is 0.396 e. The normalized spacial score (nSPS) is 25.5. The summed E-state index contributed by atoms with van der Waals surface area (Å²) < 4.78 is 24.4. The van der Waals surface area contributed by atoms with Crippen LogP contribution in [-0.4, -0.2) is 66.4 Å². The van der Waals surface area contributed by atoms with E-state index in [0.29, 0.717) is 38.8 Å². The van der Waals surface area contributed by atoms with E-state index in [0.717, 1.165) is 24.0 Å². The second kappa shape index (κ2) is 12.3. The van der Waals surface area contributed by atoms with Crippen LogP contribution in [0.5, 0.6) is 0 Å². The molecule has 2 atom stereocenters. The molecular weight excluding hydrogens is 448 g/mol. The molecule has 1 saturated heterocycles. The Morgan fingerprint density at radius 2 is 1.69 bits per heavy atom. The maximum atomic E-state index is 10.3. The fourth-order valence-electron chi connectivity index (χ4n) is 4.53. The molecule has 1 saturated carbocycles. The molecule has 4 rings (SSSR count). The zero-order chi connectivity index (χ0) is 24.6. The second-order valence-electron chi connectivity index (χ2n) is 10.1. The molecule has 0 aromatic carbocycles. The van der Waals surface area contributed by atoms with Gasteiger partial charge in [-0.15, -0.1) is 0 Å². The Balaban J connectivity index is 1.32. The maximum Gasteiger partial charge on any atom is 0.183 e. The lowest BCUT2D eigenvalue weighted by Gasteiger charge is -2.40. The van der Waals surface area contributed by atoms with Gasteiger partial charge < -0.3 is 29.2 Å². The molecule has 192 valence electrons. The number of aliphatic hydroxyl groups excluding tert-OH is 2. The van der Waals surface area contributed by atoms with Gasteiger partial charge in [0.05, 0.1) is 57.8 Å². The lowest BCUT2D eigenvalue weighted by molar-refractivity contribution is -0.253. The molecule has 2 fully saturated rings. The van der Waals surface area contributed by atoms with Crippen LogP contribution in [0.3, 0.4) is 0 Å². The van der Waals surface area contributed by atoms with Gasteiger partial charge in [-0.25, -0.2) is 0 Å². The van der Waals surface area contributed by atoms with E-state index in [1.807, 2.05) is 31.2 Å². The van der Waals surface area contributed by atoms with E-state index in [-0.39, 0.29) is 25.9 Å². The number of hydrogen-bond donors (Lipinski definition) is 2. The third kappa shape index (κ3) is 6.44. The van der Waals surface area contributed by atoms with Crippen LogP contribution in [0, 0.1) is 16.7 Å². The Bertz CT molecular complexity index is 868. The number of aliphatic hydroxyl groups is 2. The average Bonchev–Trinajstić information content (AvgIpc) is 2.90. The van der Waals surface area contributed by atoms with Gasteiger partial charge in [-0.1, -0.05) is 13.3 Å². The first-order valence-corrected chi connectivity index (χ1v) is 12.6. The van der Waals surface area contributed by atoms with Crippen molar-refractivity contribution in [3.8, 4) is 0 Å². The highest BCUT2D eigenvalue weighted by atomic mass is 16.7. The summed E-state index contributed by atoms with van der Waals surface area (Å²) in [6.07, 6.45) is 10.8. The number of nitrogens with zero attached hydrogens (tertiary/aromatic N) is 2. The molecule has 8 heteroatoms. The number of ether oxygens (including phenoxy) is 4. The lowest BCUT2D eigenvalue weighted by atomic mass is 9.78. The SMILES string of the molecule is CCC(CO)(COCC1(CO)COC(c2ccncc2)OC1)COC(c1ccncc1)C1CCC1. The van der Waals surface area contributed by atoms with E-state index in [4.69, 9.17) is 18.9 Å². The van der Waals surface area contributed by atoms with E-state index in [2.05, 4.69) is 9.97 Å². The summed E-state index contributed by atoms with van der Waals surface area (Å²) in [6.45, 7) is 3.51. The average molecular weight is 487 g/mol. The lowest BCUT2D eigenvalue weighted by Crippen LogP contribution is -2.46. The van der Waals surface area contributed by atoms with E-state index in [1.54, 1.807) is 24.8 Å². The zero-order valence-corrected chi connectivity index (χ0v) is 20.6. The van der Waals surface area contributed by atoms with Gasteiger partial charge in [0.25, 0.3) is 0 Å².